The zero-order chi connectivity index (χ0) is 12.8. The highest BCUT2D eigenvalue weighted by molar-refractivity contribution is 7.71. The first-order valence-electron chi connectivity index (χ1n) is 5.62. The fourth-order valence-electron chi connectivity index (χ4n) is 1.40. The Kier molecular flexibility index (Phi) is 5.04. The summed E-state index contributed by atoms with van der Waals surface area (Å²) in [5, 5.41) is 0. The van der Waals surface area contributed by atoms with E-state index in [1.807, 2.05) is 19.9 Å². The van der Waals surface area contributed by atoms with Gasteiger partial charge in [0.05, 0.1) is 0 Å². The summed E-state index contributed by atoms with van der Waals surface area (Å²) >= 11 is 5.17. The topological polar surface area (TPSA) is 15.8 Å². The van der Waals surface area contributed by atoms with E-state index in [9.17, 15) is 4.39 Å². The van der Waals surface area contributed by atoms with Gasteiger partial charge in [0.2, 0.25) is 0 Å². The van der Waals surface area contributed by atoms with Crippen molar-refractivity contribution < 1.29 is 4.39 Å². The van der Waals surface area contributed by atoms with Crippen molar-refractivity contribution in [2.24, 2.45) is 0 Å². The van der Waals surface area contributed by atoms with Gasteiger partial charge in [0.1, 0.15) is 5.82 Å². The van der Waals surface area contributed by atoms with Crippen LogP contribution in [-0.4, -0.2) is 4.98 Å². The third-order valence-electron chi connectivity index (χ3n) is 2.31. The molecule has 0 saturated carbocycles. The molecule has 1 N–H and O–H groups in total. The molecule has 0 aliphatic carbocycles. The summed E-state index contributed by atoms with van der Waals surface area (Å²) in [4.78, 5) is 2.95. The SMILES string of the molecule is CC.Cc1ccc(-c2c[nH]ccc2=S)cc1F. The predicted octanol–water partition coefficient (Wildman–Crippen LogP) is 4.88. The summed E-state index contributed by atoms with van der Waals surface area (Å²) in [6.07, 6.45) is 3.54. The van der Waals surface area contributed by atoms with E-state index in [1.165, 1.54) is 6.07 Å². The third-order valence-corrected chi connectivity index (χ3v) is 2.66. The van der Waals surface area contributed by atoms with Gasteiger partial charge >= 0.3 is 0 Å². The first-order valence-corrected chi connectivity index (χ1v) is 6.03. The lowest BCUT2D eigenvalue weighted by atomic mass is 10.1. The Morgan fingerprint density at radius 1 is 1.18 bits per heavy atom. The number of H-pyrrole nitrogens is 1. The van der Waals surface area contributed by atoms with Crippen molar-refractivity contribution in [3.8, 4) is 11.1 Å². The van der Waals surface area contributed by atoms with Crippen LogP contribution in [0.25, 0.3) is 11.1 Å². The fourth-order valence-corrected chi connectivity index (χ4v) is 1.65. The molecule has 0 aliphatic heterocycles. The van der Waals surface area contributed by atoms with Crippen molar-refractivity contribution in [3.63, 3.8) is 0 Å². The largest absolute Gasteiger partial charge is 0.367 e. The number of rotatable bonds is 1. The van der Waals surface area contributed by atoms with Gasteiger partial charge in [-0.05, 0) is 30.2 Å². The minimum absolute atomic E-state index is 0.203. The van der Waals surface area contributed by atoms with Crippen molar-refractivity contribution in [3.05, 3.63) is 52.5 Å². The Morgan fingerprint density at radius 2 is 1.88 bits per heavy atom. The highest BCUT2D eigenvalue weighted by atomic mass is 32.1. The first kappa shape index (κ1) is 13.6. The van der Waals surface area contributed by atoms with Crippen molar-refractivity contribution in [2.75, 3.05) is 0 Å². The zero-order valence-electron chi connectivity index (χ0n) is 10.3. The van der Waals surface area contributed by atoms with E-state index in [1.54, 1.807) is 31.5 Å². The summed E-state index contributed by atoms with van der Waals surface area (Å²) in [6, 6.07) is 6.93. The van der Waals surface area contributed by atoms with Crippen LogP contribution in [0.5, 0.6) is 0 Å². The maximum Gasteiger partial charge on any atom is 0.126 e. The van der Waals surface area contributed by atoms with E-state index >= 15 is 0 Å². The van der Waals surface area contributed by atoms with E-state index in [-0.39, 0.29) is 5.82 Å². The van der Waals surface area contributed by atoms with Crippen LogP contribution in [0.15, 0.2) is 36.7 Å². The molecule has 0 bridgehead atoms. The third kappa shape index (κ3) is 3.24. The lowest BCUT2D eigenvalue weighted by Crippen LogP contribution is -1.85. The van der Waals surface area contributed by atoms with Crippen molar-refractivity contribution in [1.29, 1.82) is 0 Å². The number of nitrogens with one attached hydrogen (secondary N) is 1. The standard InChI is InChI=1S/C12H10FNS.C2H6/c1-8-2-3-9(6-11(8)13)10-7-14-5-4-12(10)15;1-2/h2-7H,1H3,(H,14,15);1-2H3. The number of aromatic amines is 1. The molecule has 0 unspecified atom stereocenters. The highest BCUT2D eigenvalue weighted by Crippen LogP contribution is 2.21. The summed E-state index contributed by atoms with van der Waals surface area (Å²) in [5.41, 5.74) is 2.30. The van der Waals surface area contributed by atoms with Gasteiger partial charge in [0.25, 0.3) is 0 Å². The van der Waals surface area contributed by atoms with Crippen LogP contribution in [-0.2, 0) is 0 Å². The van der Waals surface area contributed by atoms with Crippen LogP contribution < -0.4 is 0 Å². The second-order valence-electron chi connectivity index (χ2n) is 3.39. The van der Waals surface area contributed by atoms with Gasteiger partial charge in [-0.2, -0.15) is 0 Å². The number of pyridine rings is 1. The smallest absolute Gasteiger partial charge is 0.126 e. The minimum Gasteiger partial charge on any atom is -0.367 e. The van der Waals surface area contributed by atoms with E-state index < -0.39 is 0 Å². The molecular formula is C14H16FNS. The van der Waals surface area contributed by atoms with Crippen molar-refractivity contribution in [1.82, 2.24) is 4.98 Å². The quantitative estimate of drug-likeness (QED) is 0.712. The molecule has 17 heavy (non-hydrogen) atoms. The molecule has 0 fully saturated rings. The number of benzene rings is 1. The molecule has 1 aromatic heterocycles. The molecule has 3 heteroatoms. The summed E-state index contributed by atoms with van der Waals surface area (Å²) < 4.78 is 14.1. The maximum absolute atomic E-state index is 13.4. The van der Waals surface area contributed by atoms with Crippen LogP contribution in [0.1, 0.15) is 19.4 Å². The van der Waals surface area contributed by atoms with E-state index in [2.05, 4.69) is 4.98 Å². The lowest BCUT2D eigenvalue weighted by Gasteiger charge is -2.03. The lowest BCUT2D eigenvalue weighted by molar-refractivity contribution is 0.619. The second kappa shape index (κ2) is 6.30. The van der Waals surface area contributed by atoms with Gasteiger partial charge in [0.15, 0.2) is 0 Å². The first-order chi connectivity index (χ1) is 8.18. The highest BCUT2D eigenvalue weighted by Gasteiger charge is 2.02. The van der Waals surface area contributed by atoms with Gasteiger partial charge in [-0.15, -0.1) is 0 Å². The molecule has 0 spiro atoms. The zero-order valence-corrected chi connectivity index (χ0v) is 11.1. The molecule has 0 radical (unpaired) electrons. The number of hydrogen-bond donors (Lipinski definition) is 1. The van der Waals surface area contributed by atoms with E-state index in [0.29, 0.717) is 5.56 Å². The molecule has 1 heterocycles. The molecule has 0 saturated heterocycles. The monoisotopic (exact) mass is 249 g/mol. The summed E-state index contributed by atoms with van der Waals surface area (Å²) in [5.74, 6) is -0.203. The van der Waals surface area contributed by atoms with E-state index in [0.717, 1.165) is 15.6 Å². The second-order valence-corrected chi connectivity index (χ2v) is 3.83. The molecule has 90 valence electrons. The molecule has 1 nitrogen and oxygen atoms in total. The van der Waals surface area contributed by atoms with Crippen LogP contribution in [0.4, 0.5) is 4.39 Å². The van der Waals surface area contributed by atoms with Crippen LogP contribution in [0.2, 0.25) is 0 Å². The van der Waals surface area contributed by atoms with Gasteiger partial charge < -0.3 is 4.98 Å². The van der Waals surface area contributed by atoms with E-state index in [4.69, 9.17) is 12.2 Å². The Labute approximate surface area is 106 Å². The van der Waals surface area contributed by atoms with Crippen molar-refractivity contribution >= 4 is 12.2 Å². The normalized spacial score (nSPS) is 9.41. The van der Waals surface area contributed by atoms with Crippen molar-refractivity contribution in [2.45, 2.75) is 20.8 Å². The molecule has 0 aliphatic rings. The Morgan fingerprint density at radius 3 is 2.47 bits per heavy atom. The average Bonchev–Trinajstić information content (AvgIpc) is 2.36. The van der Waals surface area contributed by atoms with Gasteiger partial charge in [-0.1, -0.05) is 38.2 Å². The average molecular weight is 249 g/mol. The van der Waals surface area contributed by atoms with Crippen LogP contribution >= 0.6 is 12.2 Å². The van der Waals surface area contributed by atoms with Gasteiger partial charge in [0, 0.05) is 22.5 Å². The maximum atomic E-state index is 13.4. The van der Waals surface area contributed by atoms with Gasteiger partial charge in [-0.25, -0.2) is 4.39 Å². The number of aromatic nitrogens is 1. The van der Waals surface area contributed by atoms with Gasteiger partial charge in [-0.3, -0.25) is 0 Å². The minimum atomic E-state index is -0.203. The predicted molar refractivity (Wildman–Crippen MR) is 73.1 cm³/mol. The fraction of sp³-hybridized carbons (Fsp3) is 0.214. The van der Waals surface area contributed by atoms with Crippen LogP contribution in [0, 0.1) is 17.3 Å². The number of hydrogen-bond acceptors (Lipinski definition) is 1. The summed E-state index contributed by atoms with van der Waals surface area (Å²) in [6.45, 7) is 5.74. The molecular weight excluding hydrogens is 233 g/mol. The Hall–Kier alpha value is -1.48. The number of aryl methyl sites for hydroxylation is 1. The van der Waals surface area contributed by atoms with Crippen LogP contribution in [0.3, 0.4) is 0 Å². The molecule has 0 atom stereocenters. The Bertz CT molecular complexity index is 546. The Balaban J connectivity index is 0.000000686. The molecule has 2 aromatic rings. The molecule has 1 aromatic carbocycles. The molecule has 0 amide bonds. The number of halogens is 1. The summed E-state index contributed by atoms with van der Waals surface area (Å²) in [7, 11) is 0. The molecule has 2 rings (SSSR count).